The molecular formula is C38H49N3O12P+. The summed E-state index contributed by atoms with van der Waals surface area (Å²) in [4.78, 5) is 57.1. The molecule has 4 aromatic rings. The zero-order valence-corrected chi connectivity index (χ0v) is 31.5. The lowest BCUT2D eigenvalue weighted by Gasteiger charge is -2.29. The van der Waals surface area contributed by atoms with Crippen LogP contribution in [0.1, 0.15) is 50.0 Å². The van der Waals surface area contributed by atoms with Crippen molar-refractivity contribution >= 4 is 31.2 Å². The van der Waals surface area contributed by atoms with Gasteiger partial charge in [-0.1, -0.05) is 39.8 Å². The second kappa shape index (κ2) is 17.8. The van der Waals surface area contributed by atoms with Crippen molar-refractivity contribution in [2.45, 2.75) is 58.5 Å². The number of hydrogen-bond donors (Lipinski definition) is 9. The average Bonchev–Trinajstić information content (AvgIpc) is 3.11. The number of carbonyl (C=O) groups is 2. The number of aliphatic hydroxyl groups excluding tert-OH is 2. The summed E-state index contributed by atoms with van der Waals surface area (Å²) in [6, 6.07) is 13.5. The van der Waals surface area contributed by atoms with Gasteiger partial charge in [-0.3, -0.25) is 14.4 Å². The van der Waals surface area contributed by atoms with Gasteiger partial charge >= 0.3 is 0 Å². The van der Waals surface area contributed by atoms with E-state index in [1.54, 1.807) is 53.4 Å². The topological polar surface area (TPSA) is 243 Å². The van der Waals surface area contributed by atoms with Gasteiger partial charge in [0, 0.05) is 60.2 Å². The quantitative estimate of drug-likeness (QED) is 0.0401. The van der Waals surface area contributed by atoms with Crippen LogP contribution >= 0.6 is 8.38 Å². The number of aromatic nitrogens is 1. The molecule has 54 heavy (non-hydrogen) atoms. The summed E-state index contributed by atoms with van der Waals surface area (Å²) in [5.74, 6) is -1.38. The first-order chi connectivity index (χ1) is 25.3. The number of ether oxygens (including phenoxy) is 1. The first-order valence-electron chi connectivity index (χ1n) is 17.2. The fraction of sp³-hybridized carbons (Fsp3) is 0.421. The summed E-state index contributed by atoms with van der Waals surface area (Å²) in [7, 11) is -2.80. The van der Waals surface area contributed by atoms with E-state index in [4.69, 9.17) is 9.15 Å². The summed E-state index contributed by atoms with van der Waals surface area (Å²) in [6.45, 7) is 7.76. The fourth-order valence-corrected chi connectivity index (χ4v) is 6.05. The first kappa shape index (κ1) is 42.3. The van der Waals surface area contributed by atoms with Crippen molar-refractivity contribution in [3.8, 4) is 22.8 Å². The van der Waals surface area contributed by atoms with Crippen molar-refractivity contribution in [3.05, 3.63) is 88.3 Å². The molecule has 2 atom stereocenters. The van der Waals surface area contributed by atoms with Crippen LogP contribution in [0.2, 0.25) is 0 Å². The normalized spacial score (nSPS) is 13.8. The van der Waals surface area contributed by atoms with Crippen molar-refractivity contribution in [2.75, 3.05) is 32.9 Å². The van der Waals surface area contributed by atoms with E-state index in [0.29, 0.717) is 29.8 Å². The van der Waals surface area contributed by atoms with Crippen LogP contribution in [0.15, 0.2) is 76.2 Å². The standard InChI is InChI=1S/C38H48N3O12P/c1-36(2,16-32(46)39-17-27(43)19-41-13-5-6-24(18-41)15-38(49,21-42)54(50)51)22-52-23-37(3,4)20-40-35(48)26-9-7-25(8-10-26)31-14-30(45)28-11-12-29(44)33(47)34(28)53-31/h5-14,18,27,42-43,49-51H,15-17,19-23H2,1-4H3,(H3-,39,40,44,45,46,47,48)/p+1. The Kier molecular flexibility index (Phi) is 13.9. The predicted molar refractivity (Wildman–Crippen MR) is 199 cm³/mol. The van der Waals surface area contributed by atoms with Crippen LogP contribution in [0.3, 0.4) is 0 Å². The monoisotopic (exact) mass is 770 g/mol. The highest BCUT2D eigenvalue weighted by atomic mass is 31.2. The number of benzene rings is 2. The number of carbonyl (C=O) groups excluding carboxylic acids is 2. The third kappa shape index (κ3) is 11.5. The number of hydrogen-bond acceptors (Lipinski definition) is 12. The maximum atomic E-state index is 12.9. The Hall–Kier alpha value is -4.47. The van der Waals surface area contributed by atoms with Crippen molar-refractivity contribution in [2.24, 2.45) is 10.8 Å². The zero-order valence-electron chi connectivity index (χ0n) is 30.7. The lowest BCUT2D eigenvalue weighted by Crippen LogP contribution is -2.45. The highest BCUT2D eigenvalue weighted by Crippen LogP contribution is 2.41. The smallest absolute Gasteiger partial charge is 0.251 e. The summed E-state index contributed by atoms with van der Waals surface area (Å²) < 4.78 is 13.3. The molecule has 0 aliphatic carbocycles. The molecule has 0 fully saturated rings. The van der Waals surface area contributed by atoms with E-state index >= 15 is 0 Å². The lowest BCUT2D eigenvalue weighted by atomic mass is 9.89. The molecule has 16 heteroatoms. The highest BCUT2D eigenvalue weighted by Gasteiger charge is 2.36. The van der Waals surface area contributed by atoms with Gasteiger partial charge in [0.15, 0.2) is 41.0 Å². The van der Waals surface area contributed by atoms with Gasteiger partial charge in [-0.25, -0.2) is 4.57 Å². The van der Waals surface area contributed by atoms with Crippen molar-refractivity contribution in [3.63, 3.8) is 0 Å². The molecule has 2 amide bonds. The van der Waals surface area contributed by atoms with Crippen LogP contribution in [0, 0.1) is 10.8 Å². The molecular weight excluding hydrogens is 721 g/mol. The van der Waals surface area contributed by atoms with Crippen molar-refractivity contribution in [1.82, 2.24) is 10.6 Å². The van der Waals surface area contributed by atoms with E-state index in [0.717, 1.165) is 0 Å². The molecule has 2 aromatic heterocycles. The molecule has 15 nitrogen and oxygen atoms in total. The fourth-order valence-electron chi connectivity index (χ4n) is 5.60. The largest absolute Gasteiger partial charge is 0.504 e. The molecule has 9 N–H and O–H groups in total. The number of nitrogens with one attached hydrogen (secondary N) is 2. The van der Waals surface area contributed by atoms with Crippen LogP contribution < -0.4 is 20.6 Å². The molecule has 0 saturated carbocycles. The number of aromatic hydroxyl groups is 2. The minimum Gasteiger partial charge on any atom is -0.504 e. The Bertz CT molecular complexity index is 1980. The Morgan fingerprint density at radius 3 is 2.33 bits per heavy atom. The van der Waals surface area contributed by atoms with Crippen LogP contribution in [0.5, 0.6) is 11.5 Å². The number of phenols is 2. The second-order valence-corrected chi connectivity index (χ2v) is 16.4. The van der Waals surface area contributed by atoms with E-state index in [1.165, 1.54) is 18.2 Å². The number of pyridine rings is 1. The zero-order chi connectivity index (χ0) is 39.8. The SMILES string of the molecule is CC(C)(CNC(=O)c1ccc(-c2cc(=O)c3ccc(O)c(O)c3o2)cc1)COCC(C)(C)CC(=O)NCC(O)C[n+]1cccc(CC(O)(CO)P(O)O)c1. The maximum Gasteiger partial charge on any atom is 0.251 e. The van der Waals surface area contributed by atoms with Gasteiger partial charge in [0.1, 0.15) is 11.9 Å². The summed E-state index contributed by atoms with van der Waals surface area (Å²) in [6.07, 6.45) is 2.27. The first-order valence-corrected chi connectivity index (χ1v) is 18.5. The molecule has 0 bridgehead atoms. The summed E-state index contributed by atoms with van der Waals surface area (Å²) in [5.41, 5.74) is -0.140. The van der Waals surface area contributed by atoms with Crippen LogP contribution in [-0.2, 0) is 22.5 Å². The van der Waals surface area contributed by atoms with Gasteiger partial charge in [-0.2, -0.15) is 0 Å². The van der Waals surface area contributed by atoms with Gasteiger partial charge < -0.3 is 55.1 Å². The number of nitrogens with zero attached hydrogens (tertiary/aromatic N) is 1. The minimum atomic E-state index is -2.80. The van der Waals surface area contributed by atoms with E-state index < -0.39 is 54.2 Å². The number of amides is 2. The Morgan fingerprint density at radius 1 is 0.981 bits per heavy atom. The van der Waals surface area contributed by atoms with E-state index in [-0.39, 0.29) is 61.1 Å². The second-order valence-electron chi connectivity index (χ2n) is 15.0. The van der Waals surface area contributed by atoms with Gasteiger partial charge in [0.25, 0.3) is 5.91 Å². The van der Waals surface area contributed by atoms with Gasteiger partial charge in [-0.05, 0) is 35.7 Å². The van der Waals surface area contributed by atoms with Gasteiger partial charge in [0.05, 0.1) is 25.2 Å². The number of fused-ring (bicyclic) bond motifs is 1. The molecule has 292 valence electrons. The number of phenolic OH excluding ortho intramolecular Hbond substituents is 2. The molecule has 2 unspecified atom stereocenters. The molecule has 4 rings (SSSR count). The predicted octanol–water partition coefficient (Wildman–Crippen LogP) is 2.04. The number of aliphatic hydroxyl groups is 3. The van der Waals surface area contributed by atoms with Crippen molar-refractivity contribution in [1.29, 1.82) is 0 Å². The molecule has 2 aromatic carbocycles. The summed E-state index contributed by atoms with van der Waals surface area (Å²) in [5, 5.41) is 53.8. The van der Waals surface area contributed by atoms with E-state index in [1.807, 2.05) is 27.7 Å². The molecule has 0 aliphatic heterocycles. The Labute approximate surface area is 313 Å². The molecule has 0 aliphatic rings. The Morgan fingerprint density at radius 2 is 1.67 bits per heavy atom. The van der Waals surface area contributed by atoms with Crippen LogP contribution in [0.25, 0.3) is 22.3 Å². The molecule has 0 saturated heterocycles. The minimum absolute atomic E-state index is 0.0165. The highest BCUT2D eigenvalue weighted by molar-refractivity contribution is 7.46. The maximum absolute atomic E-state index is 12.9. The average molecular weight is 771 g/mol. The lowest BCUT2D eigenvalue weighted by molar-refractivity contribution is -0.703. The number of rotatable bonds is 18. The molecule has 0 radical (unpaired) electrons. The van der Waals surface area contributed by atoms with Crippen molar-refractivity contribution < 1.29 is 58.6 Å². The van der Waals surface area contributed by atoms with Gasteiger partial charge in [-0.15, -0.1) is 0 Å². The Balaban J connectivity index is 1.19. The van der Waals surface area contributed by atoms with E-state index in [9.17, 15) is 49.7 Å². The van der Waals surface area contributed by atoms with Crippen LogP contribution in [0.4, 0.5) is 0 Å². The molecule has 0 spiro atoms. The van der Waals surface area contributed by atoms with E-state index in [2.05, 4.69) is 10.6 Å². The van der Waals surface area contributed by atoms with Crippen LogP contribution in [-0.4, -0.2) is 91.5 Å². The molecule has 2 heterocycles. The summed E-state index contributed by atoms with van der Waals surface area (Å²) >= 11 is 0. The third-order valence-electron chi connectivity index (χ3n) is 8.62. The van der Waals surface area contributed by atoms with Gasteiger partial charge in [0.2, 0.25) is 20.0 Å². The third-order valence-corrected chi connectivity index (χ3v) is 9.67.